The van der Waals surface area contributed by atoms with Gasteiger partial charge in [0.1, 0.15) is 6.61 Å². The molecule has 0 radical (unpaired) electrons. The van der Waals surface area contributed by atoms with Gasteiger partial charge in [0.05, 0.1) is 12.3 Å². The Morgan fingerprint density at radius 1 is 1.32 bits per heavy atom. The third kappa shape index (κ3) is 4.98. The molecule has 0 fully saturated rings. The van der Waals surface area contributed by atoms with Gasteiger partial charge in [0, 0.05) is 13.7 Å². The molecule has 0 unspecified atom stereocenters. The second-order valence-corrected chi connectivity index (χ2v) is 5.69. The summed E-state index contributed by atoms with van der Waals surface area (Å²) in [4.78, 5) is 11.8. The van der Waals surface area contributed by atoms with Crippen molar-refractivity contribution < 1.29 is 14.3 Å². The summed E-state index contributed by atoms with van der Waals surface area (Å²) in [6.45, 7) is 9.67. The van der Waals surface area contributed by atoms with Gasteiger partial charge in [-0.15, -0.1) is 5.10 Å². The van der Waals surface area contributed by atoms with E-state index in [2.05, 4.69) is 31.1 Å². The average molecular weight is 269 g/mol. The summed E-state index contributed by atoms with van der Waals surface area (Å²) in [5, 5.41) is 7.90. The minimum absolute atomic E-state index is 0.220. The molecule has 1 rings (SSSR count). The average Bonchev–Trinajstić information content (AvgIpc) is 2.67. The molecule has 6 nitrogen and oxygen atoms in total. The highest BCUT2D eigenvalue weighted by Crippen LogP contribution is 2.19. The van der Waals surface area contributed by atoms with E-state index < -0.39 is 5.97 Å². The molecule has 0 spiro atoms. The maximum Gasteiger partial charge on any atom is 0.360 e. The van der Waals surface area contributed by atoms with Gasteiger partial charge >= 0.3 is 5.97 Å². The van der Waals surface area contributed by atoms with Crippen LogP contribution in [0.15, 0.2) is 0 Å². The van der Waals surface area contributed by atoms with E-state index in [1.807, 2.05) is 6.92 Å². The number of methoxy groups -OCH3 is 1. The van der Waals surface area contributed by atoms with Gasteiger partial charge in [-0.1, -0.05) is 26.0 Å². The molecule has 0 bridgehead atoms. The Bertz CT molecular complexity index is 421. The van der Waals surface area contributed by atoms with Crippen LogP contribution < -0.4 is 0 Å². The molecule has 1 heterocycles. The lowest BCUT2D eigenvalue weighted by molar-refractivity contribution is 0.0380. The van der Waals surface area contributed by atoms with E-state index in [0.29, 0.717) is 6.61 Å². The summed E-state index contributed by atoms with van der Waals surface area (Å²) in [5.74, 6) is -0.448. The van der Waals surface area contributed by atoms with Gasteiger partial charge in [-0.3, -0.25) is 0 Å². The number of ether oxygens (including phenoxy) is 2. The Morgan fingerprint density at radius 2 is 2.00 bits per heavy atom. The van der Waals surface area contributed by atoms with E-state index in [1.165, 1.54) is 0 Å². The molecule has 0 amide bonds. The highest BCUT2D eigenvalue weighted by atomic mass is 16.6. The predicted octanol–water partition coefficient (Wildman–Crippen LogP) is 1.83. The van der Waals surface area contributed by atoms with Crippen LogP contribution >= 0.6 is 0 Å². The van der Waals surface area contributed by atoms with Crippen molar-refractivity contribution in [2.24, 2.45) is 5.41 Å². The second-order valence-electron chi connectivity index (χ2n) is 5.69. The molecule has 0 saturated heterocycles. The molecular weight excluding hydrogens is 246 g/mol. The first kappa shape index (κ1) is 15.6. The van der Waals surface area contributed by atoms with Crippen LogP contribution in [0.1, 0.15) is 43.4 Å². The predicted molar refractivity (Wildman–Crippen MR) is 71.0 cm³/mol. The fourth-order valence-electron chi connectivity index (χ4n) is 1.49. The summed E-state index contributed by atoms with van der Waals surface area (Å²) in [6.07, 6.45) is 0.968. The van der Waals surface area contributed by atoms with E-state index in [9.17, 15) is 4.79 Å². The molecule has 1 aromatic rings. The zero-order valence-corrected chi connectivity index (χ0v) is 12.4. The van der Waals surface area contributed by atoms with Gasteiger partial charge in [-0.05, 0) is 18.8 Å². The van der Waals surface area contributed by atoms with Gasteiger partial charge < -0.3 is 9.47 Å². The van der Waals surface area contributed by atoms with Crippen LogP contribution in [-0.2, 0) is 16.0 Å². The molecule has 0 N–H and O–H groups in total. The van der Waals surface area contributed by atoms with Crippen LogP contribution in [0.3, 0.4) is 0 Å². The number of aromatic nitrogens is 3. The van der Waals surface area contributed by atoms with Crippen LogP contribution in [0.25, 0.3) is 0 Å². The highest BCUT2D eigenvalue weighted by Gasteiger charge is 2.19. The molecule has 108 valence electrons. The number of hydrogen-bond acceptors (Lipinski definition) is 5. The second kappa shape index (κ2) is 6.65. The molecule has 0 atom stereocenters. The van der Waals surface area contributed by atoms with Crippen molar-refractivity contribution in [3.63, 3.8) is 0 Å². The number of esters is 1. The van der Waals surface area contributed by atoms with Crippen molar-refractivity contribution in [1.82, 2.24) is 15.0 Å². The molecule has 0 aliphatic carbocycles. The fourth-order valence-corrected chi connectivity index (χ4v) is 1.49. The summed E-state index contributed by atoms with van der Waals surface area (Å²) in [6, 6.07) is 0. The molecular formula is C13H23N3O3. The zero-order valence-electron chi connectivity index (χ0n) is 12.4. The van der Waals surface area contributed by atoms with Crippen molar-refractivity contribution in [3.8, 4) is 0 Å². The summed E-state index contributed by atoms with van der Waals surface area (Å²) >= 11 is 0. The monoisotopic (exact) mass is 269 g/mol. The van der Waals surface area contributed by atoms with Crippen molar-refractivity contribution in [2.75, 3.05) is 20.3 Å². The van der Waals surface area contributed by atoms with Gasteiger partial charge in [-0.2, -0.15) is 0 Å². The molecule has 1 aromatic heterocycles. The van der Waals surface area contributed by atoms with E-state index in [1.54, 1.807) is 11.8 Å². The Labute approximate surface area is 114 Å². The number of hydrogen-bond donors (Lipinski definition) is 0. The fraction of sp³-hybridized carbons (Fsp3) is 0.769. The van der Waals surface area contributed by atoms with Crippen LogP contribution in [-0.4, -0.2) is 41.3 Å². The summed E-state index contributed by atoms with van der Waals surface area (Å²) < 4.78 is 11.6. The normalized spacial score (nSPS) is 11.6. The topological polar surface area (TPSA) is 66.2 Å². The Kier molecular flexibility index (Phi) is 5.47. The van der Waals surface area contributed by atoms with Crippen molar-refractivity contribution in [2.45, 2.75) is 40.7 Å². The van der Waals surface area contributed by atoms with E-state index in [0.717, 1.165) is 18.7 Å². The SMILES string of the molecule is COCCOC(=O)c1nnn(CCC(C)(C)C)c1C. The van der Waals surface area contributed by atoms with Crippen molar-refractivity contribution in [1.29, 1.82) is 0 Å². The minimum atomic E-state index is -0.448. The zero-order chi connectivity index (χ0) is 14.5. The van der Waals surface area contributed by atoms with Gasteiger partial charge in [0.15, 0.2) is 5.69 Å². The number of carbonyl (C=O) groups is 1. The standard InChI is InChI=1S/C13H23N3O3/c1-10-11(12(17)19-9-8-18-5)14-15-16(10)7-6-13(2,3)4/h6-9H2,1-5H3. The van der Waals surface area contributed by atoms with Crippen LogP contribution in [0.5, 0.6) is 0 Å². The lowest BCUT2D eigenvalue weighted by atomic mass is 9.92. The Morgan fingerprint density at radius 3 is 2.58 bits per heavy atom. The first-order chi connectivity index (χ1) is 8.85. The smallest absolute Gasteiger partial charge is 0.360 e. The third-order valence-corrected chi connectivity index (χ3v) is 2.77. The maximum atomic E-state index is 11.8. The van der Waals surface area contributed by atoms with E-state index in [-0.39, 0.29) is 17.7 Å². The Hall–Kier alpha value is -1.43. The molecule has 0 aromatic carbocycles. The summed E-state index contributed by atoms with van der Waals surface area (Å²) in [5.41, 5.74) is 1.24. The first-order valence-corrected chi connectivity index (χ1v) is 6.41. The molecule has 0 aliphatic heterocycles. The van der Waals surface area contributed by atoms with Crippen molar-refractivity contribution in [3.05, 3.63) is 11.4 Å². The highest BCUT2D eigenvalue weighted by molar-refractivity contribution is 5.88. The quantitative estimate of drug-likeness (QED) is 0.582. The molecule has 0 saturated carbocycles. The number of carbonyl (C=O) groups excluding carboxylic acids is 1. The maximum absolute atomic E-state index is 11.8. The van der Waals surface area contributed by atoms with Crippen molar-refractivity contribution >= 4 is 5.97 Å². The van der Waals surface area contributed by atoms with E-state index in [4.69, 9.17) is 9.47 Å². The van der Waals surface area contributed by atoms with Gasteiger partial charge in [0.25, 0.3) is 0 Å². The number of aryl methyl sites for hydroxylation is 1. The van der Waals surface area contributed by atoms with E-state index >= 15 is 0 Å². The molecule has 6 heteroatoms. The lowest BCUT2D eigenvalue weighted by Gasteiger charge is -2.17. The minimum Gasteiger partial charge on any atom is -0.458 e. The van der Waals surface area contributed by atoms with Crippen LogP contribution in [0, 0.1) is 12.3 Å². The van der Waals surface area contributed by atoms with Gasteiger partial charge in [-0.25, -0.2) is 9.48 Å². The third-order valence-electron chi connectivity index (χ3n) is 2.77. The molecule has 0 aliphatic rings. The largest absolute Gasteiger partial charge is 0.458 e. The number of nitrogens with zero attached hydrogens (tertiary/aromatic N) is 3. The van der Waals surface area contributed by atoms with Gasteiger partial charge in [0.2, 0.25) is 0 Å². The Balaban J connectivity index is 2.62. The van der Waals surface area contributed by atoms with Crippen LogP contribution in [0.2, 0.25) is 0 Å². The number of rotatable bonds is 6. The van der Waals surface area contributed by atoms with Crippen LogP contribution in [0.4, 0.5) is 0 Å². The first-order valence-electron chi connectivity index (χ1n) is 6.41. The summed E-state index contributed by atoms with van der Waals surface area (Å²) in [7, 11) is 1.56. The molecule has 19 heavy (non-hydrogen) atoms. The lowest BCUT2D eigenvalue weighted by Crippen LogP contribution is -2.14.